The molecule has 1 aliphatic rings. The molecule has 14 heavy (non-hydrogen) atoms. The van der Waals surface area contributed by atoms with E-state index < -0.39 is 0 Å². The summed E-state index contributed by atoms with van der Waals surface area (Å²) in [5.41, 5.74) is 0. The third kappa shape index (κ3) is 1.78. The Morgan fingerprint density at radius 2 is 2.64 bits per heavy atom. The Kier molecular flexibility index (Phi) is 2.79. The molecule has 0 N–H and O–H groups in total. The van der Waals surface area contributed by atoms with Crippen LogP contribution in [0.3, 0.4) is 0 Å². The van der Waals surface area contributed by atoms with Crippen LogP contribution in [0.25, 0.3) is 0 Å². The molecule has 1 atom stereocenters. The Hall–Kier alpha value is -0.940. The van der Waals surface area contributed by atoms with Crippen LogP contribution in [0.1, 0.15) is 16.6 Å². The molecule has 0 saturated carbocycles. The van der Waals surface area contributed by atoms with Crippen LogP contribution in [0.15, 0.2) is 6.20 Å². The average Bonchev–Trinajstić information content (AvgIpc) is 2.67. The summed E-state index contributed by atoms with van der Waals surface area (Å²) in [5, 5.41) is 0.919. The molecular weight excluding hydrogens is 200 g/mol. The van der Waals surface area contributed by atoms with E-state index >= 15 is 0 Å². The molecule has 1 unspecified atom stereocenters. The predicted octanol–water partition coefficient (Wildman–Crippen LogP) is 1.18. The lowest BCUT2D eigenvalue weighted by molar-refractivity contribution is 0.0989. The third-order valence-electron chi connectivity index (χ3n) is 2.24. The number of carbonyl (C=O) groups excluding carboxylic acids is 1. The Labute approximate surface area is 86.5 Å². The molecule has 1 aromatic rings. The molecule has 1 aliphatic heterocycles. The van der Waals surface area contributed by atoms with Crippen molar-refractivity contribution in [3.63, 3.8) is 0 Å². The lowest BCUT2D eigenvalue weighted by atomic mass is 10.3. The van der Waals surface area contributed by atoms with E-state index in [1.54, 1.807) is 6.20 Å². The molecule has 0 spiro atoms. The number of ether oxygens (including phenoxy) is 1. The van der Waals surface area contributed by atoms with Crippen LogP contribution in [0.2, 0.25) is 0 Å². The van der Waals surface area contributed by atoms with Gasteiger partial charge in [0.1, 0.15) is 0 Å². The summed E-state index contributed by atoms with van der Waals surface area (Å²) >= 11 is 1.43. The number of anilines is 1. The normalized spacial score (nSPS) is 22.4. The maximum atomic E-state index is 10.5. The summed E-state index contributed by atoms with van der Waals surface area (Å²) in [4.78, 5) is 17.6. The van der Waals surface area contributed by atoms with E-state index in [9.17, 15) is 4.79 Å². The van der Waals surface area contributed by atoms with E-state index in [1.807, 2.05) is 0 Å². The molecule has 4 nitrogen and oxygen atoms in total. The monoisotopic (exact) mass is 212 g/mol. The highest BCUT2D eigenvalue weighted by molar-refractivity contribution is 7.17. The van der Waals surface area contributed by atoms with Gasteiger partial charge in [-0.05, 0) is 6.92 Å². The zero-order valence-electron chi connectivity index (χ0n) is 7.97. The van der Waals surface area contributed by atoms with Crippen molar-refractivity contribution in [1.82, 2.24) is 4.98 Å². The van der Waals surface area contributed by atoms with Crippen molar-refractivity contribution < 1.29 is 9.53 Å². The maximum Gasteiger partial charge on any atom is 0.186 e. The van der Waals surface area contributed by atoms with Gasteiger partial charge in [-0.15, -0.1) is 0 Å². The summed E-state index contributed by atoms with van der Waals surface area (Å²) in [6.07, 6.45) is 2.46. The minimum Gasteiger partial charge on any atom is -0.377 e. The zero-order valence-corrected chi connectivity index (χ0v) is 8.79. The first-order valence-electron chi connectivity index (χ1n) is 4.56. The second-order valence-electron chi connectivity index (χ2n) is 3.28. The number of nitrogens with zero attached hydrogens (tertiary/aromatic N) is 2. The third-order valence-corrected chi connectivity index (χ3v) is 3.20. The lowest BCUT2D eigenvalue weighted by Gasteiger charge is -2.32. The van der Waals surface area contributed by atoms with Gasteiger partial charge in [0.2, 0.25) is 0 Å². The molecule has 0 amide bonds. The fraction of sp³-hybridized carbons (Fsp3) is 0.556. The van der Waals surface area contributed by atoms with Gasteiger partial charge in [0, 0.05) is 6.54 Å². The molecule has 2 rings (SSSR count). The van der Waals surface area contributed by atoms with E-state index in [1.165, 1.54) is 11.3 Å². The highest BCUT2D eigenvalue weighted by Gasteiger charge is 2.21. The number of aldehydes is 1. The fourth-order valence-corrected chi connectivity index (χ4v) is 2.33. The molecule has 0 aromatic carbocycles. The number of hydrogen-bond donors (Lipinski definition) is 0. The quantitative estimate of drug-likeness (QED) is 0.690. The molecule has 2 heterocycles. The number of aromatic nitrogens is 1. The molecule has 0 radical (unpaired) electrons. The highest BCUT2D eigenvalue weighted by atomic mass is 32.1. The molecule has 1 saturated heterocycles. The summed E-state index contributed by atoms with van der Waals surface area (Å²) in [6.45, 7) is 4.42. The summed E-state index contributed by atoms with van der Waals surface area (Å²) in [7, 11) is 0. The van der Waals surface area contributed by atoms with Gasteiger partial charge in [-0.25, -0.2) is 4.98 Å². The Balaban J connectivity index is 2.16. The Morgan fingerprint density at radius 3 is 3.29 bits per heavy atom. The van der Waals surface area contributed by atoms with Crippen molar-refractivity contribution in [2.45, 2.75) is 13.0 Å². The second kappa shape index (κ2) is 4.06. The van der Waals surface area contributed by atoms with Gasteiger partial charge < -0.3 is 9.64 Å². The van der Waals surface area contributed by atoms with E-state index in [2.05, 4.69) is 16.8 Å². The standard InChI is InChI=1S/C9H12N2O2S/c1-7-6-13-3-2-11(7)9-10-4-8(5-12)14-9/h4-5,7H,2-3,6H2,1H3. The summed E-state index contributed by atoms with van der Waals surface area (Å²) in [5.74, 6) is 0. The van der Waals surface area contributed by atoms with Gasteiger partial charge in [-0.1, -0.05) is 11.3 Å². The summed E-state index contributed by atoms with van der Waals surface area (Å²) in [6, 6.07) is 0.342. The van der Waals surface area contributed by atoms with Crippen molar-refractivity contribution in [2.75, 3.05) is 24.7 Å². The topological polar surface area (TPSA) is 42.4 Å². The molecule has 5 heteroatoms. The van der Waals surface area contributed by atoms with Gasteiger partial charge in [0.05, 0.1) is 30.3 Å². The van der Waals surface area contributed by atoms with Crippen LogP contribution in [-0.4, -0.2) is 37.1 Å². The Morgan fingerprint density at radius 1 is 1.79 bits per heavy atom. The molecule has 0 bridgehead atoms. The zero-order chi connectivity index (χ0) is 9.97. The van der Waals surface area contributed by atoms with Crippen molar-refractivity contribution in [1.29, 1.82) is 0 Å². The second-order valence-corrected chi connectivity index (χ2v) is 4.32. The number of thiazole rings is 1. The average molecular weight is 212 g/mol. The molecule has 76 valence electrons. The van der Waals surface area contributed by atoms with Gasteiger partial charge >= 0.3 is 0 Å². The maximum absolute atomic E-state index is 10.5. The predicted molar refractivity (Wildman–Crippen MR) is 55.1 cm³/mol. The number of hydrogen-bond acceptors (Lipinski definition) is 5. The van der Waals surface area contributed by atoms with Crippen LogP contribution >= 0.6 is 11.3 Å². The number of rotatable bonds is 2. The number of carbonyl (C=O) groups is 1. The van der Waals surface area contributed by atoms with Crippen LogP contribution in [-0.2, 0) is 4.74 Å². The first-order valence-corrected chi connectivity index (χ1v) is 5.38. The van der Waals surface area contributed by atoms with E-state index in [0.29, 0.717) is 10.9 Å². The van der Waals surface area contributed by atoms with Gasteiger partial charge in [-0.3, -0.25) is 4.79 Å². The largest absolute Gasteiger partial charge is 0.377 e. The van der Waals surface area contributed by atoms with Gasteiger partial charge in [0.15, 0.2) is 11.4 Å². The van der Waals surface area contributed by atoms with E-state index in [4.69, 9.17) is 4.74 Å². The minimum atomic E-state index is 0.342. The van der Waals surface area contributed by atoms with Crippen LogP contribution in [0, 0.1) is 0 Å². The molecular formula is C9H12N2O2S. The van der Waals surface area contributed by atoms with E-state index in [-0.39, 0.29) is 0 Å². The van der Waals surface area contributed by atoms with Crippen molar-refractivity contribution in [3.8, 4) is 0 Å². The first-order chi connectivity index (χ1) is 6.81. The van der Waals surface area contributed by atoms with Crippen LogP contribution in [0.5, 0.6) is 0 Å². The molecule has 0 aliphatic carbocycles. The van der Waals surface area contributed by atoms with Crippen LogP contribution < -0.4 is 4.90 Å². The highest BCUT2D eigenvalue weighted by Crippen LogP contribution is 2.24. The van der Waals surface area contributed by atoms with Crippen molar-refractivity contribution >= 4 is 22.8 Å². The smallest absolute Gasteiger partial charge is 0.186 e. The molecule has 1 aromatic heterocycles. The lowest BCUT2D eigenvalue weighted by Crippen LogP contribution is -2.43. The van der Waals surface area contributed by atoms with Gasteiger partial charge in [-0.2, -0.15) is 0 Å². The Bertz CT molecular complexity index is 326. The summed E-state index contributed by atoms with van der Waals surface area (Å²) < 4.78 is 5.33. The van der Waals surface area contributed by atoms with Crippen LogP contribution in [0.4, 0.5) is 5.13 Å². The SMILES string of the molecule is CC1COCCN1c1ncc(C=O)s1. The van der Waals surface area contributed by atoms with Crippen molar-refractivity contribution in [3.05, 3.63) is 11.1 Å². The number of morpholine rings is 1. The van der Waals surface area contributed by atoms with E-state index in [0.717, 1.165) is 31.2 Å². The van der Waals surface area contributed by atoms with Crippen molar-refractivity contribution in [2.24, 2.45) is 0 Å². The fourth-order valence-electron chi connectivity index (χ4n) is 1.48. The first kappa shape index (κ1) is 9.61. The molecule has 1 fully saturated rings. The minimum absolute atomic E-state index is 0.342. The van der Waals surface area contributed by atoms with Gasteiger partial charge in [0.25, 0.3) is 0 Å².